The number of unbranched alkanes of at least 4 members (excludes halogenated alkanes) is 2. The molecule has 352 valence electrons. The van der Waals surface area contributed by atoms with Crippen LogP contribution < -0.4 is 9.64 Å². The maximum Gasteiger partial charge on any atom is 0.344 e. The van der Waals surface area contributed by atoms with E-state index >= 15 is 4.79 Å². The number of aromatic amines is 1. The zero-order valence-corrected chi connectivity index (χ0v) is 39.3. The van der Waals surface area contributed by atoms with E-state index in [0.29, 0.717) is 99.5 Å². The molecule has 9 rings (SSSR count). The summed E-state index contributed by atoms with van der Waals surface area (Å²) in [6.07, 6.45) is 8.57. The number of rotatable bonds is 10. The topological polar surface area (TPSA) is 171 Å². The van der Waals surface area contributed by atoms with E-state index in [2.05, 4.69) is 39.6 Å². The second-order valence-electron chi connectivity index (χ2n) is 19.7. The van der Waals surface area contributed by atoms with Crippen molar-refractivity contribution in [3.8, 4) is 17.6 Å². The van der Waals surface area contributed by atoms with Crippen LogP contribution >= 0.6 is 0 Å². The quantitative estimate of drug-likeness (QED) is 0.0619. The standard InChI is InChI=1S/C52H64N4O10/c1-8-11-12-13-15-33-16-17-39-36(24-33)35-18-22-54-29-34(27-48(61,9-2)30-54)28-51(42(35)53-39,46(59)64-6)38-25-37-40(26-41(38)63-5)56(31-57)44-50(37)20-23-55-21-14-19-49(10-3,43(50)55)45(66-32(4)58)52(44,62)47(60)65-7/h14,16-17,19,24-26,31,34,43-45,53,61-62H,8-12,18,20-23,27-30H2,1-7H3/t34-,43+,44-,45-,48+,49-,50-,51+,52+/m1/s1. The summed E-state index contributed by atoms with van der Waals surface area (Å²) in [4.78, 5) is 66.7. The summed E-state index contributed by atoms with van der Waals surface area (Å²) in [6, 6.07) is 8.06. The Morgan fingerprint density at radius 3 is 2.44 bits per heavy atom. The Morgan fingerprint density at radius 2 is 1.76 bits per heavy atom. The van der Waals surface area contributed by atoms with Crippen molar-refractivity contribution >= 4 is 40.9 Å². The predicted molar refractivity (Wildman–Crippen MR) is 247 cm³/mol. The smallest absolute Gasteiger partial charge is 0.344 e. The summed E-state index contributed by atoms with van der Waals surface area (Å²) in [6.45, 7) is 10.2. The van der Waals surface area contributed by atoms with Crippen LogP contribution in [-0.4, -0.2) is 133 Å². The molecule has 1 spiro atoms. The van der Waals surface area contributed by atoms with Crippen LogP contribution in [-0.2, 0) is 50.6 Å². The van der Waals surface area contributed by atoms with E-state index in [-0.39, 0.29) is 12.3 Å². The highest BCUT2D eigenvalue weighted by Gasteiger charge is 2.81. The van der Waals surface area contributed by atoms with Crippen LogP contribution in [0.2, 0.25) is 0 Å². The van der Waals surface area contributed by atoms with Crippen molar-refractivity contribution in [1.29, 1.82) is 0 Å². The minimum Gasteiger partial charge on any atom is -0.496 e. The van der Waals surface area contributed by atoms with Gasteiger partial charge < -0.3 is 39.0 Å². The fourth-order valence-electron chi connectivity index (χ4n) is 13.9. The van der Waals surface area contributed by atoms with Gasteiger partial charge in [-0.2, -0.15) is 0 Å². The molecule has 6 heterocycles. The van der Waals surface area contributed by atoms with Crippen LogP contribution in [0.5, 0.6) is 5.75 Å². The molecule has 1 saturated carbocycles. The first-order chi connectivity index (χ1) is 31.7. The summed E-state index contributed by atoms with van der Waals surface area (Å²) in [5.41, 5.74) is -2.53. The van der Waals surface area contributed by atoms with Crippen LogP contribution in [0.3, 0.4) is 0 Å². The van der Waals surface area contributed by atoms with Crippen LogP contribution in [0.1, 0.15) is 107 Å². The molecule has 6 aliphatic rings. The van der Waals surface area contributed by atoms with Gasteiger partial charge in [-0.15, -0.1) is 0 Å². The van der Waals surface area contributed by atoms with E-state index in [9.17, 15) is 24.6 Å². The molecule has 1 aromatic heterocycles. The van der Waals surface area contributed by atoms with Gasteiger partial charge in [0.05, 0.1) is 38.7 Å². The fourth-order valence-corrected chi connectivity index (χ4v) is 13.9. The third kappa shape index (κ3) is 6.43. The molecule has 2 saturated heterocycles. The third-order valence-electron chi connectivity index (χ3n) is 16.5. The van der Waals surface area contributed by atoms with Gasteiger partial charge in [-0.1, -0.05) is 51.2 Å². The summed E-state index contributed by atoms with van der Waals surface area (Å²) in [5, 5.41) is 26.4. The zero-order chi connectivity index (χ0) is 47.0. The number of ether oxygens (including phenoxy) is 4. The Kier molecular flexibility index (Phi) is 11.7. The van der Waals surface area contributed by atoms with Crippen molar-refractivity contribution in [2.45, 2.75) is 126 Å². The van der Waals surface area contributed by atoms with Crippen molar-refractivity contribution in [3.63, 3.8) is 0 Å². The van der Waals surface area contributed by atoms with E-state index in [4.69, 9.17) is 18.9 Å². The molecule has 1 amide bonds. The van der Waals surface area contributed by atoms with Crippen molar-refractivity contribution < 1.29 is 48.3 Å². The molecule has 3 aromatic rings. The second-order valence-corrected chi connectivity index (χ2v) is 19.7. The van der Waals surface area contributed by atoms with E-state index in [1.54, 1.807) is 6.07 Å². The van der Waals surface area contributed by atoms with Crippen molar-refractivity contribution in [1.82, 2.24) is 14.8 Å². The number of nitrogens with zero attached hydrogens (tertiary/aromatic N) is 3. The van der Waals surface area contributed by atoms with Crippen LogP contribution in [0.15, 0.2) is 42.5 Å². The Bertz CT molecular complexity index is 2560. The maximum atomic E-state index is 15.6. The predicted octanol–water partition coefficient (Wildman–Crippen LogP) is 5.06. The van der Waals surface area contributed by atoms with Crippen LogP contribution in [0.25, 0.3) is 10.9 Å². The molecule has 1 aliphatic carbocycles. The number of hydrogen-bond acceptors (Lipinski definition) is 12. The molecule has 0 radical (unpaired) electrons. The van der Waals surface area contributed by atoms with Gasteiger partial charge in [0.2, 0.25) is 12.0 Å². The van der Waals surface area contributed by atoms with E-state index in [1.165, 1.54) is 33.2 Å². The summed E-state index contributed by atoms with van der Waals surface area (Å²) >= 11 is 0. The molecule has 1 unspecified atom stereocenters. The van der Waals surface area contributed by atoms with E-state index in [0.717, 1.165) is 41.3 Å². The number of amides is 1. The molecule has 14 nitrogen and oxygen atoms in total. The number of anilines is 1. The molecule has 3 fully saturated rings. The van der Waals surface area contributed by atoms with Crippen molar-refractivity contribution in [2.75, 3.05) is 59.0 Å². The number of esters is 3. The fraction of sp³-hybridized carbons (Fsp3) is 0.577. The van der Waals surface area contributed by atoms with Gasteiger partial charge in [-0.25, -0.2) is 4.79 Å². The average Bonchev–Trinajstić information content (AvgIpc) is 3.99. The zero-order valence-electron chi connectivity index (χ0n) is 39.3. The summed E-state index contributed by atoms with van der Waals surface area (Å²) in [7, 11) is 4.10. The molecule has 10 atom stereocenters. The number of carbonyl (C=O) groups excluding carboxylic acids is 4. The van der Waals surface area contributed by atoms with Gasteiger partial charge in [-0.3, -0.25) is 24.2 Å². The van der Waals surface area contributed by atoms with Gasteiger partial charge >= 0.3 is 17.9 Å². The van der Waals surface area contributed by atoms with Crippen LogP contribution in [0, 0.1) is 23.2 Å². The number of piperidine rings is 1. The number of aromatic nitrogens is 1. The minimum absolute atomic E-state index is 0.183. The van der Waals surface area contributed by atoms with Gasteiger partial charge in [0, 0.05) is 90.2 Å². The van der Waals surface area contributed by atoms with Gasteiger partial charge in [0.1, 0.15) is 11.2 Å². The Balaban J connectivity index is 1.36. The molecule has 2 bridgehead atoms. The lowest BCUT2D eigenvalue weighted by atomic mass is 9.47. The Labute approximate surface area is 386 Å². The summed E-state index contributed by atoms with van der Waals surface area (Å²) in [5.74, 6) is 4.57. The third-order valence-corrected chi connectivity index (χ3v) is 16.5. The van der Waals surface area contributed by atoms with E-state index in [1.807, 2.05) is 44.2 Å². The first kappa shape index (κ1) is 45.9. The Hall–Kier alpha value is -5.20. The molecule has 66 heavy (non-hydrogen) atoms. The monoisotopic (exact) mass is 904 g/mol. The maximum absolute atomic E-state index is 15.6. The van der Waals surface area contributed by atoms with Crippen molar-refractivity contribution in [3.05, 3.63) is 70.4 Å². The number of hydrogen-bond donors (Lipinski definition) is 3. The Morgan fingerprint density at radius 1 is 0.970 bits per heavy atom. The largest absolute Gasteiger partial charge is 0.496 e. The molecular weight excluding hydrogens is 841 g/mol. The number of aliphatic hydroxyl groups is 2. The lowest BCUT2D eigenvalue weighted by Gasteiger charge is -2.63. The highest BCUT2D eigenvalue weighted by atomic mass is 16.6. The first-order valence-corrected chi connectivity index (χ1v) is 23.7. The highest BCUT2D eigenvalue weighted by Crippen LogP contribution is 2.68. The summed E-state index contributed by atoms with van der Waals surface area (Å²) < 4.78 is 23.9. The van der Waals surface area contributed by atoms with Crippen molar-refractivity contribution in [2.24, 2.45) is 11.3 Å². The normalized spacial score (nSPS) is 34.0. The second kappa shape index (κ2) is 16.8. The minimum atomic E-state index is -2.55. The molecule has 3 N–H and O–H groups in total. The van der Waals surface area contributed by atoms with Gasteiger partial charge in [0.15, 0.2) is 6.10 Å². The molecular formula is C52H64N4O10. The molecule has 14 heteroatoms. The highest BCUT2D eigenvalue weighted by molar-refractivity contribution is 5.97. The molecule has 2 aromatic carbocycles. The number of carbonyl (C=O) groups is 4. The van der Waals surface area contributed by atoms with Gasteiger partial charge in [-0.05, 0) is 92.8 Å². The number of benzene rings is 2. The number of methoxy groups -OCH3 is 3. The molecule has 5 aliphatic heterocycles. The number of fused-ring (bicyclic) bond motifs is 6. The first-order valence-electron chi connectivity index (χ1n) is 23.7. The lowest BCUT2D eigenvalue weighted by Crippen LogP contribution is -2.81. The SMILES string of the molecule is CCCCC#Cc1ccc2[nH]c3c(c2c1)CCN1C[C@H](C[C@@](O)(CC)C1)C[C@]3(C(=O)OC)c1cc2c(cc1OC)N(C=O)[C@H]1[C@@](O)(C(=O)OC)[C@H](OC(C)=O)[C@]3(CC)C=CCN4CC[C@]21[C@@H]43. The number of nitrogens with one attached hydrogen (secondary N) is 1. The lowest BCUT2D eigenvalue weighted by molar-refractivity contribution is -0.228. The number of H-pyrrole nitrogens is 1. The van der Waals surface area contributed by atoms with Crippen LogP contribution in [0.4, 0.5) is 5.69 Å². The van der Waals surface area contributed by atoms with Gasteiger partial charge in [0.25, 0.3) is 0 Å². The van der Waals surface area contributed by atoms with E-state index < -0.39 is 63.5 Å². The average molecular weight is 905 g/mol.